The standard InChI is InChI=1S/C30H32F2N2O4/c1-20(33-18-27(36)24-11-13-26(35)29-25(24)12-14-28(37)34-29)17-22-7-9-23(10-8-22)38-19-30(31,32)16-15-21-5-3-2-4-6-21/h2-14,20,27,33,35-36H,15-19H2,1H3,(H,34,37)/t20?,27-/m0/s1. The molecule has 0 saturated heterocycles. The summed E-state index contributed by atoms with van der Waals surface area (Å²) in [6.07, 6.45) is -0.185. The number of aromatic nitrogens is 1. The smallest absolute Gasteiger partial charge is 0.281 e. The maximum Gasteiger partial charge on any atom is 0.281 e. The highest BCUT2D eigenvalue weighted by atomic mass is 19.3. The monoisotopic (exact) mass is 522 g/mol. The van der Waals surface area contributed by atoms with Crippen LogP contribution in [0.15, 0.2) is 83.7 Å². The van der Waals surface area contributed by atoms with Gasteiger partial charge in [0.25, 0.3) is 5.92 Å². The molecule has 0 aliphatic heterocycles. The van der Waals surface area contributed by atoms with Gasteiger partial charge in [-0.05, 0) is 60.7 Å². The number of H-pyrrole nitrogens is 1. The van der Waals surface area contributed by atoms with Gasteiger partial charge in [0, 0.05) is 30.5 Å². The zero-order valence-electron chi connectivity index (χ0n) is 21.2. The molecule has 0 aliphatic rings. The van der Waals surface area contributed by atoms with Gasteiger partial charge >= 0.3 is 0 Å². The summed E-state index contributed by atoms with van der Waals surface area (Å²) in [6.45, 7) is 1.57. The molecule has 1 unspecified atom stereocenters. The number of halogens is 2. The molecule has 0 aliphatic carbocycles. The van der Waals surface area contributed by atoms with Crippen LogP contribution in [0.25, 0.3) is 10.9 Å². The number of aromatic hydroxyl groups is 1. The minimum Gasteiger partial charge on any atom is -0.506 e. The first kappa shape index (κ1) is 27.3. The maximum atomic E-state index is 14.3. The van der Waals surface area contributed by atoms with Crippen LogP contribution in [0, 0.1) is 0 Å². The lowest BCUT2D eigenvalue weighted by Crippen LogP contribution is -2.32. The Kier molecular flexibility index (Phi) is 8.76. The number of hydrogen-bond donors (Lipinski definition) is 4. The van der Waals surface area contributed by atoms with Crippen LogP contribution in [0.4, 0.5) is 8.78 Å². The first-order chi connectivity index (χ1) is 18.2. The van der Waals surface area contributed by atoms with Crippen molar-refractivity contribution < 1.29 is 23.7 Å². The first-order valence-electron chi connectivity index (χ1n) is 12.6. The average molecular weight is 523 g/mol. The van der Waals surface area contributed by atoms with Crippen molar-refractivity contribution in [3.05, 3.63) is 106 Å². The van der Waals surface area contributed by atoms with E-state index in [1.54, 1.807) is 24.3 Å². The number of benzene rings is 3. The van der Waals surface area contributed by atoms with Crippen molar-refractivity contribution in [2.24, 2.45) is 0 Å². The van der Waals surface area contributed by atoms with E-state index in [1.165, 1.54) is 12.1 Å². The molecule has 8 heteroatoms. The summed E-state index contributed by atoms with van der Waals surface area (Å²) in [6, 6.07) is 22.3. The van der Waals surface area contributed by atoms with Crippen LogP contribution in [0.5, 0.6) is 11.5 Å². The summed E-state index contributed by atoms with van der Waals surface area (Å²) in [7, 11) is 0. The van der Waals surface area contributed by atoms with Gasteiger partial charge in [-0.15, -0.1) is 0 Å². The molecule has 0 saturated carbocycles. The molecule has 0 fully saturated rings. The van der Waals surface area contributed by atoms with Crippen molar-refractivity contribution in [3.63, 3.8) is 0 Å². The Morgan fingerprint density at radius 3 is 2.45 bits per heavy atom. The minimum absolute atomic E-state index is 0.0157. The molecule has 6 nitrogen and oxygen atoms in total. The van der Waals surface area contributed by atoms with Crippen molar-refractivity contribution >= 4 is 10.9 Å². The van der Waals surface area contributed by atoms with Crippen LogP contribution in [-0.4, -0.2) is 40.3 Å². The van der Waals surface area contributed by atoms with Gasteiger partial charge in [-0.25, -0.2) is 8.78 Å². The van der Waals surface area contributed by atoms with Gasteiger partial charge in [0.2, 0.25) is 5.56 Å². The molecule has 0 bridgehead atoms. The number of fused-ring (bicyclic) bond motifs is 1. The highest BCUT2D eigenvalue weighted by Gasteiger charge is 2.29. The van der Waals surface area contributed by atoms with Gasteiger partial charge in [-0.2, -0.15) is 0 Å². The zero-order valence-corrected chi connectivity index (χ0v) is 21.2. The van der Waals surface area contributed by atoms with E-state index in [-0.39, 0.29) is 36.7 Å². The van der Waals surface area contributed by atoms with Crippen LogP contribution in [0.2, 0.25) is 0 Å². The van der Waals surface area contributed by atoms with E-state index in [0.717, 1.165) is 11.1 Å². The number of phenolic OH excluding ortho intramolecular Hbond substituents is 1. The van der Waals surface area contributed by atoms with E-state index in [1.807, 2.05) is 49.4 Å². The van der Waals surface area contributed by atoms with Crippen LogP contribution < -0.4 is 15.6 Å². The largest absolute Gasteiger partial charge is 0.506 e. The Labute approximate surface area is 219 Å². The Balaban J connectivity index is 1.25. The fourth-order valence-electron chi connectivity index (χ4n) is 4.35. The fourth-order valence-corrected chi connectivity index (χ4v) is 4.35. The van der Waals surface area contributed by atoms with E-state index in [0.29, 0.717) is 28.6 Å². The molecule has 0 spiro atoms. The number of hydrogen-bond acceptors (Lipinski definition) is 5. The third-order valence-electron chi connectivity index (χ3n) is 6.46. The van der Waals surface area contributed by atoms with Crippen LogP contribution in [0.3, 0.4) is 0 Å². The Morgan fingerprint density at radius 2 is 1.71 bits per heavy atom. The summed E-state index contributed by atoms with van der Waals surface area (Å²) < 4.78 is 33.9. The van der Waals surface area contributed by atoms with Gasteiger partial charge in [0.15, 0.2) is 6.61 Å². The predicted molar refractivity (Wildman–Crippen MR) is 144 cm³/mol. The van der Waals surface area contributed by atoms with E-state index in [2.05, 4.69) is 10.3 Å². The molecule has 200 valence electrons. The van der Waals surface area contributed by atoms with Crippen molar-refractivity contribution in [2.45, 2.75) is 44.3 Å². The van der Waals surface area contributed by atoms with Gasteiger partial charge in [-0.1, -0.05) is 48.5 Å². The third kappa shape index (κ3) is 7.40. The molecule has 0 amide bonds. The number of aryl methyl sites for hydroxylation is 1. The van der Waals surface area contributed by atoms with Crippen LogP contribution in [-0.2, 0) is 12.8 Å². The molecule has 1 aromatic heterocycles. The zero-order chi connectivity index (χ0) is 27.1. The molecule has 1 heterocycles. The molecule has 4 N–H and O–H groups in total. The Morgan fingerprint density at radius 1 is 0.974 bits per heavy atom. The molecular weight excluding hydrogens is 490 g/mol. The molecule has 2 atom stereocenters. The molecule has 4 rings (SSSR count). The number of ether oxygens (including phenoxy) is 1. The fraction of sp³-hybridized carbons (Fsp3) is 0.300. The summed E-state index contributed by atoms with van der Waals surface area (Å²) in [5.74, 6) is -2.59. The average Bonchev–Trinajstić information content (AvgIpc) is 2.91. The summed E-state index contributed by atoms with van der Waals surface area (Å²) in [4.78, 5) is 14.2. The number of aliphatic hydroxyl groups excluding tert-OH is 1. The number of aliphatic hydroxyl groups is 1. The number of aromatic amines is 1. The summed E-state index contributed by atoms with van der Waals surface area (Å²) in [5, 5.41) is 24.6. The topological polar surface area (TPSA) is 94.6 Å². The molecule has 38 heavy (non-hydrogen) atoms. The maximum absolute atomic E-state index is 14.3. The highest BCUT2D eigenvalue weighted by molar-refractivity contribution is 5.87. The van der Waals surface area contributed by atoms with Gasteiger partial charge < -0.3 is 25.3 Å². The number of pyridine rings is 1. The van der Waals surface area contributed by atoms with E-state index in [9.17, 15) is 23.8 Å². The van der Waals surface area contributed by atoms with Crippen molar-refractivity contribution in [3.8, 4) is 11.5 Å². The second kappa shape index (κ2) is 12.2. The SMILES string of the molecule is CC(Cc1ccc(OCC(F)(F)CCc2ccccc2)cc1)NC[C@H](O)c1ccc(O)c2[nH]c(=O)ccc12. The number of nitrogens with one attached hydrogen (secondary N) is 2. The lowest BCUT2D eigenvalue weighted by Gasteiger charge is -2.19. The number of phenols is 1. The predicted octanol–water partition coefficient (Wildman–Crippen LogP) is 5.13. The Bertz CT molecular complexity index is 1390. The number of alkyl halides is 2. The second-order valence-electron chi connectivity index (χ2n) is 9.59. The summed E-state index contributed by atoms with van der Waals surface area (Å²) in [5.41, 5.74) is 2.42. The van der Waals surface area contributed by atoms with Gasteiger partial charge in [-0.3, -0.25) is 4.79 Å². The van der Waals surface area contributed by atoms with Crippen LogP contribution in [0.1, 0.15) is 36.1 Å². The van der Waals surface area contributed by atoms with E-state index in [4.69, 9.17) is 4.74 Å². The van der Waals surface area contributed by atoms with Crippen molar-refractivity contribution in [1.29, 1.82) is 0 Å². The van der Waals surface area contributed by atoms with Gasteiger partial charge in [0.05, 0.1) is 11.6 Å². The first-order valence-corrected chi connectivity index (χ1v) is 12.6. The lowest BCUT2D eigenvalue weighted by atomic mass is 10.0. The van der Waals surface area contributed by atoms with Gasteiger partial charge in [0.1, 0.15) is 11.5 Å². The molecule has 4 aromatic rings. The number of rotatable bonds is 12. The third-order valence-corrected chi connectivity index (χ3v) is 6.46. The molecule has 3 aromatic carbocycles. The normalized spacial score (nSPS) is 13.4. The molecular formula is C30H32F2N2O4. The van der Waals surface area contributed by atoms with E-state index < -0.39 is 18.6 Å². The lowest BCUT2D eigenvalue weighted by molar-refractivity contribution is -0.0473. The summed E-state index contributed by atoms with van der Waals surface area (Å²) >= 11 is 0. The van der Waals surface area contributed by atoms with Crippen molar-refractivity contribution in [2.75, 3.05) is 13.2 Å². The van der Waals surface area contributed by atoms with E-state index >= 15 is 0 Å². The highest BCUT2D eigenvalue weighted by Crippen LogP contribution is 2.28. The quantitative estimate of drug-likeness (QED) is 0.207. The Hall–Kier alpha value is -3.75. The van der Waals surface area contributed by atoms with Crippen molar-refractivity contribution in [1.82, 2.24) is 10.3 Å². The van der Waals surface area contributed by atoms with Crippen LogP contribution >= 0.6 is 0 Å². The minimum atomic E-state index is -2.92. The molecule has 0 radical (unpaired) electrons. The second-order valence-corrected chi connectivity index (χ2v) is 9.59.